The maximum atomic E-state index is 10.1. The Morgan fingerprint density at radius 3 is 1.45 bits per heavy atom. The van der Waals surface area contributed by atoms with Crippen molar-refractivity contribution in [3.63, 3.8) is 0 Å². The summed E-state index contributed by atoms with van der Waals surface area (Å²) in [6.45, 7) is 8.59. The third-order valence-corrected chi connectivity index (χ3v) is 4.15. The second-order valence-electron chi connectivity index (χ2n) is 7.19. The van der Waals surface area contributed by atoms with Crippen molar-refractivity contribution in [2.75, 3.05) is 13.2 Å². The molecule has 2 aliphatic heterocycles. The van der Waals surface area contributed by atoms with Gasteiger partial charge in [-0.25, -0.2) is 0 Å². The van der Waals surface area contributed by atoms with Crippen LogP contribution >= 0.6 is 0 Å². The molecule has 0 radical (unpaired) electrons. The van der Waals surface area contributed by atoms with Gasteiger partial charge in [0.2, 0.25) is 0 Å². The van der Waals surface area contributed by atoms with Gasteiger partial charge in [0.25, 0.3) is 0 Å². The topological polar surface area (TPSA) is 77.4 Å². The van der Waals surface area contributed by atoms with Crippen LogP contribution in [-0.4, -0.2) is 59.4 Å². The van der Waals surface area contributed by atoms with Gasteiger partial charge in [-0.3, -0.25) is 0 Å². The normalized spacial score (nSPS) is 33.0. The standard InChI is InChI=1S/C16H30O6/c1-15(2)19-9-11(21-15)5-7-13(17)14(18)8-6-12-10-20-16(3,4)22-12/h11-14,17-18H,5-10H2,1-4H3/t11-,12-,13-,14-/m1/s1. The molecule has 0 saturated carbocycles. The lowest BCUT2D eigenvalue weighted by atomic mass is 10.0. The molecule has 0 aliphatic carbocycles. The van der Waals surface area contributed by atoms with E-state index in [2.05, 4.69) is 0 Å². The Bertz CT molecular complexity index is 323. The lowest BCUT2D eigenvalue weighted by Crippen LogP contribution is -2.29. The van der Waals surface area contributed by atoms with E-state index in [1.54, 1.807) is 0 Å². The Kier molecular flexibility index (Phi) is 5.85. The van der Waals surface area contributed by atoms with Crippen molar-refractivity contribution in [3.8, 4) is 0 Å². The molecule has 2 heterocycles. The molecular weight excluding hydrogens is 288 g/mol. The monoisotopic (exact) mass is 318 g/mol. The minimum absolute atomic E-state index is 0.00999. The van der Waals surface area contributed by atoms with Crippen LogP contribution in [0.5, 0.6) is 0 Å². The molecule has 0 aromatic heterocycles. The van der Waals surface area contributed by atoms with Crippen molar-refractivity contribution < 1.29 is 29.2 Å². The van der Waals surface area contributed by atoms with Crippen molar-refractivity contribution in [2.45, 2.75) is 89.4 Å². The van der Waals surface area contributed by atoms with E-state index in [1.807, 2.05) is 27.7 Å². The highest BCUT2D eigenvalue weighted by Crippen LogP contribution is 2.27. The van der Waals surface area contributed by atoms with Gasteiger partial charge in [-0.2, -0.15) is 0 Å². The minimum atomic E-state index is -0.748. The molecule has 4 atom stereocenters. The molecule has 0 unspecified atom stereocenters. The largest absolute Gasteiger partial charge is 0.390 e. The minimum Gasteiger partial charge on any atom is -0.390 e. The van der Waals surface area contributed by atoms with Crippen molar-refractivity contribution in [1.29, 1.82) is 0 Å². The van der Waals surface area contributed by atoms with E-state index >= 15 is 0 Å². The Morgan fingerprint density at radius 1 is 0.818 bits per heavy atom. The maximum absolute atomic E-state index is 10.1. The Hall–Kier alpha value is -0.240. The molecule has 0 amide bonds. The van der Waals surface area contributed by atoms with Gasteiger partial charge in [0, 0.05) is 0 Å². The van der Waals surface area contributed by atoms with Crippen molar-refractivity contribution >= 4 is 0 Å². The molecule has 2 N–H and O–H groups in total. The first-order valence-corrected chi connectivity index (χ1v) is 8.16. The van der Waals surface area contributed by atoms with E-state index in [0.29, 0.717) is 38.9 Å². The highest BCUT2D eigenvalue weighted by atomic mass is 16.7. The molecule has 2 rings (SSSR count). The molecule has 22 heavy (non-hydrogen) atoms. The summed E-state index contributed by atoms with van der Waals surface area (Å²) < 4.78 is 22.3. The van der Waals surface area contributed by atoms with Crippen molar-refractivity contribution in [1.82, 2.24) is 0 Å². The quantitative estimate of drug-likeness (QED) is 0.742. The van der Waals surface area contributed by atoms with Crippen LogP contribution in [0.15, 0.2) is 0 Å². The summed E-state index contributed by atoms with van der Waals surface area (Å²) in [6, 6.07) is 0. The third kappa shape index (κ3) is 5.44. The number of aliphatic hydroxyl groups is 2. The molecule has 6 nitrogen and oxygen atoms in total. The van der Waals surface area contributed by atoms with Crippen molar-refractivity contribution in [3.05, 3.63) is 0 Å². The number of hydrogen-bond donors (Lipinski definition) is 2. The fourth-order valence-corrected chi connectivity index (χ4v) is 2.91. The second-order valence-corrected chi connectivity index (χ2v) is 7.19. The average Bonchev–Trinajstić information content (AvgIpc) is 2.95. The van der Waals surface area contributed by atoms with Crippen LogP contribution in [0.3, 0.4) is 0 Å². The number of ether oxygens (including phenoxy) is 4. The molecule has 2 saturated heterocycles. The Labute approximate surface area is 132 Å². The molecule has 130 valence electrons. The molecule has 2 aliphatic rings. The second kappa shape index (κ2) is 7.11. The van der Waals surface area contributed by atoms with E-state index in [1.165, 1.54) is 0 Å². The lowest BCUT2D eigenvalue weighted by molar-refractivity contribution is -0.141. The first-order chi connectivity index (χ1) is 10.2. The molecule has 0 spiro atoms. The third-order valence-electron chi connectivity index (χ3n) is 4.15. The van der Waals surface area contributed by atoms with Gasteiger partial charge in [0.1, 0.15) is 0 Å². The van der Waals surface area contributed by atoms with E-state index in [9.17, 15) is 10.2 Å². The SMILES string of the molecule is CC1(C)OC[C@@H](CC[C@@H](O)[C@H](O)CC[C@@H]2COC(C)(C)O2)O1. The Balaban J connectivity index is 1.62. The molecule has 2 fully saturated rings. The fourth-order valence-electron chi connectivity index (χ4n) is 2.91. The summed E-state index contributed by atoms with van der Waals surface area (Å²) in [5.74, 6) is -1.08. The average molecular weight is 318 g/mol. The van der Waals surface area contributed by atoms with E-state index in [4.69, 9.17) is 18.9 Å². The zero-order chi connectivity index (χ0) is 16.4. The first kappa shape index (κ1) is 18.1. The van der Waals surface area contributed by atoms with Crippen LogP contribution in [0.2, 0.25) is 0 Å². The van der Waals surface area contributed by atoms with E-state index < -0.39 is 23.8 Å². The van der Waals surface area contributed by atoms with Gasteiger partial charge in [-0.05, 0) is 53.4 Å². The zero-order valence-corrected chi connectivity index (χ0v) is 14.1. The van der Waals surface area contributed by atoms with E-state index in [-0.39, 0.29) is 12.2 Å². The summed E-state index contributed by atoms with van der Waals surface area (Å²) in [5.41, 5.74) is 0. The van der Waals surface area contributed by atoms with Crippen LogP contribution in [0.1, 0.15) is 53.4 Å². The van der Waals surface area contributed by atoms with Gasteiger partial charge >= 0.3 is 0 Å². The van der Waals surface area contributed by atoms with Gasteiger partial charge in [0.05, 0.1) is 37.6 Å². The number of rotatable bonds is 7. The molecule has 0 bridgehead atoms. The molecule has 0 aromatic carbocycles. The zero-order valence-electron chi connectivity index (χ0n) is 14.1. The van der Waals surface area contributed by atoms with Gasteiger partial charge in [0.15, 0.2) is 11.6 Å². The van der Waals surface area contributed by atoms with Crippen LogP contribution in [0.25, 0.3) is 0 Å². The fraction of sp³-hybridized carbons (Fsp3) is 1.00. The summed E-state index contributed by atoms with van der Waals surface area (Å²) in [7, 11) is 0. The lowest BCUT2D eigenvalue weighted by Gasteiger charge is -2.21. The maximum Gasteiger partial charge on any atom is 0.163 e. The van der Waals surface area contributed by atoms with Crippen LogP contribution in [-0.2, 0) is 18.9 Å². The summed E-state index contributed by atoms with van der Waals surface area (Å²) in [5, 5.41) is 20.1. The highest BCUT2D eigenvalue weighted by Gasteiger charge is 2.34. The van der Waals surface area contributed by atoms with Gasteiger partial charge in [-0.1, -0.05) is 0 Å². The van der Waals surface area contributed by atoms with Crippen molar-refractivity contribution in [2.24, 2.45) is 0 Å². The van der Waals surface area contributed by atoms with Crippen LogP contribution in [0, 0.1) is 0 Å². The number of hydrogen-bond acceptors (Lipinski definition) is 6. The predicted octanol–water partition coefficient (Wildman–Crippen LogP) is 1.57. The summed E-state index contributed by atoms with van der Waals surface area (Å²) in [4.78, 5) is 0. The van der Waals surface area contributed by atoms with Crippen LogP contribution in [0.4, 0.5) is 0 Å². The predicted molar refractivity (Wildman–Crippen MR) is 80.3 cm³/mol. The van der Waals surface area contributed by atoms with Gasteiger partial charge < -0.3 is 29.2 Å². The highest BCUT2D eigenvalue weighted by molar-refractivity contribution is 4.77. The Morgan fingerprint density at radius 2 is 1.18 bits per heavy atom. The molecular formula is C16H30O6. The summed E-state index contributed by atoms with van der Waals surface area (Å²) >= 11 is 0. The number of aliphatic hydroxyl groups excluding tert-OH is 2. The molecule has 6 heteroatoms. The summed E-state index contributed by atoms with van der Waals surface area (Å²) in [6.07, 6.45) is 0.839. The smallest absolute Gasteiger partial charge is 0.163 e. The first-order valence-electron chi connectivity index (χ1n) is 8.16. The van der Waals surface area contributed by atoms with Crippen LogP contribution < -0.4 is 0 Å². The van der Waals surface area contributed by atoms with Gasteiger partial charge in [-0.15, -0.1) is 0 Å². The molecule has 0 aromatic rings. The van der Waals surface area contributed by atoms with E-state index in [0.717, 1.165) is 0 Å².